The van der Waals surface area contributed by atoms with Crippen LogP contribution in [0.5, 0.6) is 0 Å². The van der Waals surface area contributed by atoms with Crippen LogP contribution in [0.25, 0.3) is 0 Å². The summed E-state index contributed by atoms with van der Waals surface area (Å²) in [5.41, 5.74) is 2.54. The van der Waals surface area contributed by atoms with E-state index >= 15 is 0 Å². The number of nitriles is 1. The molecule has 0 heterocycles. The molecule has 1 atom stereocenters. The fraction of sp³-hybridized carbons (Fsp3) is 0.333. The molecule has 2 aromatic rings. The molecule has 1 unspecified atom stereocenters. The average Bonchev–Trinajstić information content (AvgIpc) is 3.47. The number of amides is 1. The molecule has 128 valence electrons. The Morgan fingerprint density at radius 2 is 1.88 bits per heavy atom. The molecular formula is C21H23N3O. The molecule has 25 heavy (non-hydrogen) atoms. The van der Waals surface area contributed by atoms with Crippen molar-refractivity contribution in [3.8, 4) is 6.07 Å². The first kappa shape index (κ1) is 17.2. The summed E-state index contributed by atoms with van der Waals surface area (Å²) in [6.45, 7) is 3.36. The van der Waals surface area contributed by atoms with Crippen LogP contribution >= 0.6 is 0 Å². The van der Waals surface area contributed by atoms with Gasteiger partial charge in [-0.25, -0.2) is 0 Å². The molecule has 1 saturated carbocycles. The summed E-state index contributed by atoms with van der Waals surface area (Å²) in [5.74, 6) is 0.680. The molecule has 1 aliphatic carbocycles. The molecular weight excluding hydrogens is 310 g/mol. The Kier molecular flexibility index (Phi) is 5.47. The summed E-state index contributed by atoms with van der Waals surface area (Å²) in [4.78, 5) is 14.8. The van der Waals surface area contributed by atoms with Crippen molar-refractivity contribution in [2.24, 2.45) is 5.92 Å². The number of carbonyl (C=O) groups is 1. The van der Waals surface area contributed by atoms with E-state index in [4.69, 9.17) is 5.26 Å². The average molecular weight is 333 g/mol. The minimum atomic E-state index is -0.0202. The first-order valence-electron chi connectivity index (χ1n) is 8.73. The van der Waals surface area contributed by atoms with Gasteiger partial charge in [-0.1, -0.05) is 30.3 Å². The number of benzene rings is 2. The maximum absolute atomic E-state index is 12.5. The standard InChI is InChI=1S/C21H23N3O/c1-16(19-9-10-19)24(14-18-5-3-2-4-6-18)15-21(25)23-20-11-7-17(13-22)8-12-20/h2-8,11-12,16,19H,9-10,14-15H2,1H3,(H,23,25). The highest BCUT2D eigenvalue weighted by Crippen LogP contribution is 2.35. The lowest BCUT2D eigenvalue weighted by Crippen LogP contribution is -2.40. The maximum Gasteiger partial charge on any atom is 0.238 e. The van der Waals surface area contributed by atoms with Gasteiger partial charge in [0.25, 0.3) is 0 Å². The van der Waals surface area contributed by atoms with Gasteiger partial charge >= 0.3 is 0 Å². The molecule has 2 aromatic carbocycles. The topological polar surface area (TPSA) is 56.1 Å². The van der Waals surface area contributed by atoms with E-state index in [1.807, 2.05) is 18.2 Å². The molecule has 0 saturated heterocycles. The van der Waals surface area contributed by atoms with E-state index in [1.165, 1.54) is 18.4 Å². The van der Waals surface area contributed by atoms with E-state index in [-0.39, 0.29) is 5.91 Å². The van der Waals surface area contributed by atoms with Gasteiger partial charge in [0.15, 0.2) is 0 Å². The molecule has 4 nitrogen and oxygen atoms in total. The van der Waals surface area contributed by atoms with Gasteiger partial charge in [0.1, 0.15) is 0 Å². The lowest BCUT2D eigenvalue weighted by molar-refractivity contribution is -0.118. The Bertz CT molecular complexity index is 745. The highest BCUT2D eigenvalue weighted by molar-refractivity contribution is 5.92. The minimum Gasteiger partial charge on any atom is -0.325 e. The van der Waals surface area contributed by atoms with Crippen molar-refractivity contribution in [3.63, 3.8) is 0 Å². The van der Waals surface area contributed by atoms with Crippen LogP contribution in [0.3, 0.4) is 0 Å². The number of hydrogen-bond donors (Lipinski definition) is 1. The summed E-state index contributed by atoms with van der Waals surface area (Å²) in [7, 11) is 0. The van der Waals surface area contributed by atoms with E-state index in [9.17, 15) is 4.79 Å². The zero-order valence-electron chi connectivity index (χ0n) is 14.5. The van der Waals surface area contributed by atoms with Crippen LogP contribution in [-0.4, -0.2) is 23.4 Å². The summed E-state index contributed by atoms with van der Waals surface area (Å²) < 4.78 is 0. The second kappa shape index (κ2) is 7.96. The molecule has 1 amide bonds. The van der Waals surface area contributed by atoms with Crippen LogP contribution in [-0.2, 0) is 11.3 Å². The molecule has 1 aliphatic rings. The number of hydrogen-bond acceptors (Lipinski definition) is 3. The minimum absolute atomic E-state index is 0.0202. The Labute approximate surface area is 149 Å². The van der Waals surface area contributed by atoms with Gasteiger partial charge < -0.3 is 5.32 Å². The van der Waals surface area contributed by atoms with Gasteiger partial charge in [0.2, 0.25) is 5.91 Å². The Morgan fingerprint density at radius 1 is 1.20 bits per heavy atom. The van der Waals surface area contributed by atoms with Crippen LogP contribution in [0.15, 0.2) is 54.6 Å². The van der Waals surface area contributed by atoms with Gasteiger partial charge in [-0.05, 0) is 55.5 Å². The Morgan fingerprint density at radius 3 is 2.48 bits per heavy atom. The summed E-state index contributed by atoms with van der Waals surface area (Å²) in [6.07, 6.45) is 2.51. The van der Waals surface area contributed by atoms with E-state index in [0.29, 0.717) is 24.1 Å². The normalized spacial score (nSPS) is 14.8. The second-order valence-electron chi connectivity index (χ2n) is 6.71. The number of rotatable bonds is 7. The van der Waals surface area contributed by atoms with Crippen molar-refractivity contribution >= 4 is 11.6 Å². The van der Waals surface area contributed by atoms with Crippen molar-refractivity contribution in [1.82, 2.24) is 4.90 Å². The van der Waals surface area contributed by atoms with Crippen molar-refractivity contribution in [2.45, 2.75) is 32.4 Å². The largest absolute Gasteiger partial charge is 0.325 e. The highest BCUT2D eigenvalue weighted by atomic mass is 16.2. The van der Waals surface area contributed by atoms with Crippen molar-refractivity contribution in [1.29, 1.82) is 5.26 Å². The predicted molar refractivity (Wildman–Crippen MR) is 98.8 cm³/mol. The van der Waals surface area contributed by atoms with Gasteiger partial charge in [-0.3, -0.25) is 9.69 Å². The number of anilines is 1. The fourth-order valence-electron chi connectivity index (χ4n) is 3.05. The summed E-state index contributed by atoms with van der Waals surface area (Å²) in [5, 5.41) is 11.8. The zero-order valence-corrected chi connectivity index (χ0v) is 14.5. The monoisotopic (exact) mass is 333 g/mol. The first-order valence-corrected chi connectivity index (χ1v) is 8.73. The molecule has 0 bridgehead atoms. The van der Waals surface area contributed by atoms with E-state index in [1.54, 1.807) is 24.3 Å². The van der Waals surface area contributed by atoms with Crippen LogP contribution in [0.1, 0.15) is 30.9 Å². The highest BCUT2D eigenvalue weighted by Gasteiger charge is 2.32. The first-order chi connectivity index (χ1) is 12.2. The molecule has 3 rings (SSSR count). The third-order valence-electron chi connectivity index (χ3n) is 4.75. The SMILES string of the molecule is CC(C1CC1)N(CC(=O)Nc1ccc(C#N)cc1)Cc1ccccc1. The number of nitrogens with one attached hydrogen (secondary N) is 1. The summed E-state index contributed by atoms with van der Waals surface area (Å²) in [6, 6.07) is 19.7. The van der Waals surface area contributed by atoms with Crippen molar-refractivity contribution in [2.75, 3.05) is 11.9 Å². The number of carbonyl (C=O) groups excluding carboxylic acids is 1. The van der Waals surface area contributed by atoms with Gasteiger partial charge in [0.05, 0.1) is 18.2 Å². The van der Waals surface area contributed by atoms with Gasteiger partial charge in [-0.15, -0.1) is 0 Å². The quantitative estimate of drug-likeness (QED) is 0.838. The van der Waals surface area contributed by atoms with Crippen LogP contribution in [0.2, 0.25) is 0 Å². The predicted octanol–water partition coefficient (Wildman–Crippen LogP) is 3.80. The molecule has 0 spiro atoms. The number of nitrogens with zero attached hydrogens (tertiary/aromatic N) is 2. The van der Waals surface area contributed by atoms with Crippen molar-refractivity contribution in [3.05, 3.63) is 65.7 Å². The Balaban J connectivity index is 1.64. The maximum atomic E-state index is 12.5. The van der Waals surface area contributed by atoms with Gasteiger partial charge in [0, 0.05) is 18.3 Å². The van der Waals surface area contributed by atoms with E-state index in [0.717, 1.165) is 12.2 Å². The molecule has 1 N–H and O–H groups in total. The van der Waals surface area contributed by atoms with Crippen molar-refractivity contribution < 1.29 is 4.79 Å². The third-order valence-corrected chi connectivity index (χ3v) is 4.75. The van der Waals surface area contributed by atoms with Crippen LogP contribution in [0.4, 0.5) is 5.69 Å². The fourth-order valence-corrected chi connectivity index (χ4v) is 3.05. The van der Waals surface area contributed by atoms with Gasteiger partial charge in [-0.2, -0.15) is 5.26 Å². The zero-order chi connectivity index (χ0) is 17.6. The smallest absolute Gasteiger partial charge is 0.238 e. The lowest BCUT2D eigenvalue weighted by Gasteiger charge is -2.28. The van der Waals surface area contributed by atoms with E-state index < -0.39 is 0 Å². The lowest BCUT2D eigenvalue weighted by atomic mass is 10.1. The molecule has 0 radical (unpaired) electrons. The third kappa shape index (κ3) is 4.91. The molecule has 0 aliphatic heterocycles. The summed E-state index contributed by atoms with van der Waals surface area (Å²) >= 11 is 0. The molecule has 1 fully saturated rings. The van der Waals surface area contributed by atoms with Crippen LogP contribution < -0.4 is 5.32 Å². The molecule has 4 heteroatoms. The molecule has 0 aromatic heterocycles. The van der Waals surface area contributed by atoms with E-state index in [2.05, 4.69) is 35.3 Å². The van der Waals surface area contributed by atoms with Crippen LogP contribution in [0, 0.1) is 17.2 Å². The second-order valence-corrected chi connectivity index (χ2v) is 6.71. The Hall–Kier alpha value is -2.64.